The molecule has 0 aliphatic carbocycles. The summed E-state index contributed by atoms with van der Waals surface area (Å²) in [4.78, 5) is 23.0. The van der Waals surface area contributed by atoms with Crippen LogP contribution in [0.5, 0.6) is 5.75 Å². The summed E-state index contributed by atoms with van der Waals surface area (Å²) in [5.41, 5.74) is 6.34. The van der Waals surface area contributed by atoms with E-state index >= 15 is 0 Å². The molecule has 1 aromatic rings. The first-order valence-electron chi connectivity index (χ1n) is 6.36. The van der Waals surface area contributed by atoms with Crippen molar-refractivity contribution in [3.8, 4) is 5.75 Å². The summed E-state index contributed by atoms with van der Waals surface area (Å²) >= 11 is 0. The normalized spacial score (nSPS) is 11.6. The van der Waals surface area contributed by atoms with E-state index in [1.54, 1.807) is 7.11 Å². The molecule has 116 valence electrons. The Labute approximate surface area is 123 Å². The highest BCUT2D eigenvalue weighted by molar-refractivity contribution is 5.91. The summed E-state index contributed by atoms with van der Waals surface area (Å²) in [6.07, 6.45) is 0. The number of benzene rings is 1. The Morgan fingerprint density at radius 1 is 1.33 bits per heavy atom. The topological polar surface area (TPSA) is 99.9 Å². The zero-order valence-electron chi connectivity index (χ0n) is 12.3. The van der Waals surface area contributed by atoms with E-state index in [0.29, 0.717) is 17.9 Å². The lowest BCUT2D eigenvalue weighted by molar-refractivity contribution is -0.124. The number of amides is 1. The summed E-state index contributed by atoms with van der Waals surface area (Å²) in [6.45, 7) is 2.07. The second-order valence-corrected chi connectivity index (χ2v) is 4.46. The second kappa shape index (κ2) is 8.11. The van der Waals surface area contributed by atoms with Gasteiger partial charge in [0.1, 0.15) is 5.75 Å². The number of methoxy groups -OCH3 is 2. The van der Waals surface area contributed by atoms with E-state index in [1.165, 1.54) is 25.3 Å². The molecule has 1 unspecified atom stereocenters. The van der Waals surface area contributed by atoms with Crippen LogP contribution in [-0.2, 0) is 14.3 Å². The number of rotatable bonds is 7. The molecule has 0 bridgehead atoms. The van der Waals surface area contributed by atoms with Crippen LogP contribution in [0.15, 0.2) is 18.2 Å². The molecule has 7 nitrogen and oxygen atoms in total. The van der Waals surface area contributed by atoms with Crippen molar-refractivity contribution in [1.82, 2.24) is 5.32 Å². The van der Waals surface area contributed by atoms with E-state index in [0.717, 1.165) is 0 Å². The summed E-state index contributed by atoms with van der Waals surface area (Å²) in [5.74, 6) is -0.437. The molecule has 0 aromatic heterocycles. The summed E-state index contributed by atoms with van der Waals surface area (Å²) in [6, 6.07) is 4.37. The molecule has 1 aromatic carbocycles. The Bertz CT molecular complexity index is 504. The molecule has 0 spiro atoms. The molecule has 1 amide bonds. The van der Waals surface area contributed by atoms with Crippen LogP contribution in [0.2, 0.25) is 0 Å². The van der Waals surface area contributed by atoms with E-state index in [-0.39, 0.29) is 24.2 Å². The van der Waals surface area contributed by atoms with Gasteiger partial charge in [-0.05, 0) is 25.1 Å². The number of carbonyl (C=O) groups excluding carboxylic acids is 2. The smallest absolute Gasteiger partial charge is 0.337 e. The van der Waals surface area contributed by atoms with Gasteiger partial charge in [-0.15, -0.1) is 0 Å². The highest BCUT2D eigenvalue weighted by Gasteiger charge is 2.11. The molecular weight excluding hydrogens is 276 g/mol. The Morgan fingerprint density at radius 3 is 2.62 bits per heavy atom. The Hall–Kier alpha value is -2.28. The van der Waals surface area contributed by atoms with Crippen molar-refractivity contribution < 1.29 is 23.8 Å². The fraction of sp³-hybridized carbons (Fsp3) is 0.429. The molecule has 0 saturated heterocycles. The van der Waals surface area contributed by atoms with Crippen LogP contribution in [-0.4, -0.2) is 45.4 Å². The SMILES string of the molecule is COCC(C)NC(=O)COc1ccc(C(=O)OC)cc1N. The zero-order valence-corrected chi connectivity index (χ0v) is 12.3. The molecule has 0 heterocycles. The second-order valence-electron chi connectivity index (χ2n) is 4.46. The maximum atomic E-state index is 11.6. The Morgan fingerprint density at radius 2 is 2.05 bits per heavy atom. The third kappa shape index (κ3) is 5.31. The average molecular weight is 296 g/mol. The number of hydrogen-bond acceptors (Lipinski definition) is 6. The number of esters is 1. The lowest BCUT2D eigenvalue weighted by Gasteiger charge is -2.14. The van der Waals surface area contributed by atoms with Crippen LogP contribution in [0, 0.1) is 0 Å². The van der Waals surface area contributed by atoms with Crippen LogP contribution < -0.4 is 15.8 Å². The van der Waals surface area contributed by atoms with Crippen molar-refractivity contribution in [2.45, 2.75) is 13.0 Å². The number of carbonyl (C=O) groups is 2. The van der Waals surface area contributed by atoms with Crippen molar-refractivity contribution in [3.63, 3.8) is 0 Å². The van der Waals surface area contributed by atoms with E-state index in [4.69, 9.17) is 15.2 Å². The number of nitrogens with one attached hydrogen (secondary N) is 1. The predicted octanol–water partition coefficient (Wildman–Crippen LogP) is 0.585. The molecule has 0 radical (unpaired) electrons. The first-order chi connectivity index (χ1) is 9.97. The van der Waals surface area contributed by atoms with Gasteiger partial charge >= 0.3 is 5.97 Å². The molecule has 3 N–H and O–H groups in total. The molecular formula is C14H20N2O5. The minimum atomic E-state index is -0.487. The molecule has 0 saturated carbocycles. The molecule has 7 heteroatoms. The van der Waals surface area contributed by atoms with Crippen molar-refractivity contribution >= 4 is 17.6 Å². The number of nitrogen functional groups attached to an aromatic ring is 1. The molecule has 0 aliphatic heterocycles. The van der Waals surface area contributed by atoms with Crippen molar-refractivity contribution in [3.05, 3.63) is 23.8 Å². The van der Waals surface area contributed by atoms with Gasteiger partial charge in [0, 0.05) is 13.2 Å². The van der Waals surface area contributed by atoms with Gasteiger partial charge in [0.25, 0.3) is 5.91 Å². The van der Waals surface area contributed by atoms with Crippen LogP contribution >= 0.6 is 0 Å². The fourth-order valence-corrected chi connectivity index (χ4v) is 1.68. The van der Waals surface area contributed by atoms with E-state index in [9.17, 15) is 9.59 Å². The lowest BCUT2D eigenvalue weighted by atomic mass is 10.2. The standard InChI is InChI=1S/C14H20N2O5/c1-9(7-19-2)16-13(17)8-21-12-5-4-10(6-11(12)15)14(18)20-3/h4-6,9H,7-8,15H2,1-3H3,(H,16,17). The Kier molecular flexibility index (Phi) is 6.48. The van der Waals surface area contributed by atoms with Gasteiger partial charge in [-0.1, -0.05) is 0 Å². The first-order valence-corrected chi connectivity index (χ1v) is 6.36. The molecule has 0 aliphatic rings. The Balaban J connectivity index is 2.56. The maximum Gasteiger partial charge on any atom is 0.337 e. The van der Waals surface area contributed by atoms with Crippen LogP contribution in [0.3, 0.4) is 0 Å². The molecule has 1 rings (SSSR count). The maximum absolute atomic E-state index is 11.6. The molecule has 21 heavy (non-hydrogen) atoms. The van der Waals surface area contributed by atoms with Gasteiger partial charge in [0.15, 0.2) is 6.61 Å². The molecule has 1 atom stereocenters. The van der Waals surface area contributed by atoms with Gasteiger partial charge in [-0.25, -0.2) is 4.79 Å². The summed E-state index contributed by atoms with van der Waals surface area (Å²) in [7, 11) is 2.84. The van der Waals surface area contributed by atoms with Gasteiger partial charge in [-0.3, -0.25) is 4.79 Å². The fourth-order valence-electron chi connectivity index (χ4n) is 1.68. The predicted molar refractivity (Wildman–Crippen MR) is 77.2 cm³/mol. The monoisotopic (exact) mass is 296 g/mol. The van der Waals surface area contributed by atoms with Crippen molar-refractivity contribution in [2.75, 3.05) is 33.2 Å². The first kappa shape index (κ1) is 16.8. The zero-order chi connectivity index (χ0) is 15.8. The summed E-state index contributed by atoms with van der Waals surface area (Å²) < 4.78 is 14.8. The quantitative estimate of drug-likeness (QED) is 0.564. The van der Waals surface area contributed by atoms with Crippen LogP contribution in [0.1, 0.15) is 17.3 Å². The van der Waals surface area contributed by atoms with Gasteiger partial charge in [0.05, 0.1) is 25.0 Å². The average Bonchev–Trinajstić information content (AvgIpc) is 2.45. The minimum Gasteiger partial charge on any atom is -0.482 e. The van der Waals surface area contributed by atoms with Gasteiger partial charge < -0.3 is 25.3 Å². The van der Waals surface area contributed by atoms with Crippen molar-refractivity contribution in [1.29, 1.82) is 0 Å². The third-order valence-corrected chi connectivity index (χ3v) is 2.61. The van der Waals surface area contributed by atoms with Gasteiger partial charge in [-0.2, -0.15) is 0 Å². The largest absolute Gasteiger partial charge is 0.482 e. The highest BCUT2D eigenvalue weighted by Crippen LogP contribution is 2.22. The summed E-state index contributed by atoms with van der Waals surface area (Å²) in [5, 5.41) is 2.71. The van der Waals surface area contributed by atoms with E-state index in [1.807, 2.05) is 6.92 Å². The minimum absolute atomic E-state index is 0.106. The van der Waals surface area contributed by atoms with Crippen LogP contribution in [0.4, 0.5) is 5.69 Å². The van der Waals surface area contributed by atoms with E-state index < -0.39 is 5.97 Å². The highest BCUT2D eigenvalue weighted by atomic mass is 16.5. The van der Waals surface area contributed by atoms with Gasteiger partial charge in [0.2, 0.25) is 0 Å². The third-order valence-electron chi connectivity index (χ3n) is 2.61. The number of ether oxygens (including phenoxy) is 3. The number of anilines is 1. The number of nitrogens with two attached hydrogens (primary N) is 1. The lowest BCUT2D eigenvalue weighted by Crippen LogP contribution is -2.38. The van der Waals surface area contributed by atoms with Crippen molar-refractivity contribution in [2.24, 2.45) is 0 Å². The van der Waals surface area contributed by atoms with Crippen LogP contribution in [0.25, 0.3) is 0 Å². The molecule has 0 fully saturated rings. The van der Waals surface area contributed by atoms with E-state index in [2.05, 4.69) is 10.1 Å². The number of hydrogen-bond donors (Lipinski definition) is 2.